The minimum Gasteiger partial charge on any atom is -0.550 e. The predicted molar refractivity (Wildman–Crippen MR) is 109 cm³/mol. The largest absolute Gasteiger partial charge is 0.550 e. The number of quaternary nitrogens is 1. The molecular weight excluding hydrogens is 376 g/mol. The first-order valence-electron chi connectivity index (χ1n) is 10.6. The maximum atomic E-state index is 12.0. The summed E-state index contributed by atoms with van der Waals surface area (Å²) < 4.78 is 0.537. The van der Waals surface area contributed by atoms with Gasteiger partial charge in [-0.25, -0.2) is 0 Å². The zero-order valence-electron chi connectivity index (χ0n) is 17.7. The molecule has 0 rings (SSSR count). The minimum absolute atomic E-state index is 0.00102. The third-order valence-electron chi connectivity index (χ3n) is 4.94. The van der Waals surface area contributed by atoms with Crippen molar-refractivity contribution in [1.82, 2.24) is 5.32 Å². The summed E-state index contributed by atoms with van der Waals surface area (Å²) >= 11 is 0. The number of aliphatic carboxylic acids is 2. The van der Waals surface area contributed by atoms with Gasteiger partial charge in [0.2, 0.25) is 5.91 Å². The second-order valence-corrected chi connectivity index (χ2v) is 7.45. The summed E-state index contributed by atoms with van der Waals surface area (Å²) in [6, 6.07) is 0. The van der Waals surface area contributed by atoms with Crippen LogP contribution < -0.4 is 10.4 Å². The molecule has 1 unspecified atom stereocenters. The van der Waals surface area contributed by atoms with Crippen LogP contribution in [0.3, 0.4) is 0 Å². The molecule has 0 fully saturated rings. The lowest BCUT2D eigenvalue weighted by atomic mass is 10.1. The molecule has 1 amide bonds. The average Bonchev–Trinajstić information content (AvgIpc) is 2.66. The summed E-state index contributed by atoms with van der Waals surface area (Å²) in [6.45, 7) is 4.98. The molecule has 0 radical (unpaired) electrons. The second kappa shape index (κ2) is 17.0. The number of carbonyl (C=O) groups excluding carboxylic acids is 2. The van der Waals surface area contributed by atoms with E-state index in [4.69, 9.17) is 5.11 Å². The average molecular weight is 415 g/mol. The van der Waals surface area contributed by atoms with Gasteiger partial charge in [-0.3, -0.25) is 9.59 Å². The summed E-state index contributed by atoms with van der Waals surface area (Å²) in [7, 11) is 0. The van der Waals surface area contributed by atoms with Crippen LogP contribution in [0.2, 0.25) is 0 Å². The number of amides is 1. The van der Waals surface area contributed by atoms with Crippen molar-refractivity contribution >= 4 is 17.8 Å². The van der Waals surface area contributed by atoms with E-state index in [1.54, 1.807) is 0 Å². The fourth-order valence-electron chi connectivity index (χ4n) is 3.30. The van der Waals surface area contributed by atoms with Crippen LogP contribution in [0.5, 0.6) is 0 Å². The number of carbonyl (C=O) groups is 3. The maximum Gasteiger partial charge on any atom is 0.303 e. The van der Waals surface area contributed by atoms with Crippen LogP contribution in [0.4, 0.5) is 0 Å². The topological polar surface area (TPSA) is 127 Å². The van der Waals surface area contributed by atoms with Crippen LogP contribution in [0.1, 0.15) is 64.7 Å². The number of carboxylic acid groups (broad SMARTS) is 2. The van der Waals surface area contributed by atoms with E-state index in [0.717, 1.165) is 12.8 Å². The molecule has 0 aromatic heterocycles. The van der Waals surface area contributed by atoms with Crippen molar-refractivity contribution < 1.29 is 34.2 Å². The van der Waals surface area contributed by atoms with Gasteiger partial charge in [-0.15, -0.1) is 0 Å². The standard InChI is InChI=1S/C21H38N2O6/c1-2-3-4-5-10-19(25)22-13-16-23(17-18-24,14-8-6-11-20(26)27)15-9-7-12-21(28)29/h4-5,24H,2-3,6-18H2,1H3,(H2-,22,25,26,27,28,29)/b5-4+. The molecule has 8 nitrogen and oxygen atoms in total. The molecule has 0 heterocycles. The third-order valence-corrected chi connectivity index (χ3v) is 4.94. The van der Waals surface area contributed by atoms with E-state index in [0.29, 0.717) is 69.3 Å². The van der Waals surface area contributed by atoms with E-state index in [1.807, 2.05) is 12.2 Å². The van der Waals surface area contributed by atoms with Crippen LogP contribution in [0.25, 0.3) is 0 Å². The van der Waals surface area contributed by atoms with Gasteiger partial charge in [-0.2, -0.15) is 0 Å². The lowest BCUT2D eigenvalue weighted by molar-refractivity contribution is -0.927. The summed E-state index contributed by atoms with van der Waals surface area (Å²) in [5, 5.41) is 31.9. The highest BCUT2D eigenvalue weighted by Crippen LogP contribution is 2.13. The quantitative estimate of drug-likeness (QED) is 0.163. The maximum absolute atomic E-state index is 12.0. The Morgan fingerprint density at radius 2 is 1.62 bits per heavy atom. The SMILES string of the molecule is CCC/C=C/CC(=O)NCC[N+](CCO)(CCCCC(=O)[O-])CCCCC(=O)O. The lowest BCUT2D eigenvalue weighted by Gasteiger charge is -2.39. The van der Waals surface area contributed by atoms with Gasteiger partial charge in [0.25, 0.3) is 0 Å². The first kappa shape index (κ1) is 27.1. The number of nitrogens with one attached hydrogen (secondary N) is 1. The number of nitrogens with zero attached hydrogens (tertiary/aromatic N) is 1. The summed E-state index contributed by atoms with van der Waals surface area (Å²) in [5.74, 6) is -1.96. The molecule has 0 saturated heterocycles. The fourth-order valence-corrected chi connectivity index (χ4v) is 3.30. The molecule has 168 valence electrons. The monoisotopic (exact) mass is 414 g/mol. The van der Waals surface area contributed by atoms with Crippen LogP contribution >= 0.6 is 0 Å². The Bertz CT molecular complexity index is 485. The van der Waals surface area contributed by atoms with Crippen molar-refractivity contribution in [3.8, 4) is 0 Å². The Morgan fingerprint density at radius 1 is 0.966 bits per heavy atom. The first-order valence-corrected chi connectivity index (χ1v) is 10.6. The Hall–Kier alpha value is -1.93. The highest BCUT2D eigenvalue weighted by Gasteiger charge is 2.26. The normalized spacial score (nSPS) is 13.3. The van der Waals surface area contributed by atoms with Crippen LogP contribution in [0, 0.1) is 0 Å². The van der Waals surface area contributed by atoms with E-state index in [-0.39, 0.29) is 25.4 Å². The number of unbranched alkanes of at least 4 members (excludes halogenated alkanes) is 3. The molecule has 0 bridgehead atoms. The Balaban J connectivity index is 4.71. The summed E-state index contributed by atoms with van der Waals surface area (Å²) in [5.41, 5.74) is 0. The van der Waals surface area contributed by atoms with E-state index < -0.39 is 11.9 Å². The van der Waals surface area contributed by atoms with Gasteiger partial charge < -0.3 is 29.9 Å². The summed E-state index contributed by atoms with van der Waals surface area (Å²) in [6.07, 6.45) is 8.69. The predicted octanol–water partition coefficient (Wildman–Crippen LogP) is 0.833. The van der Waals surface area contributed by atoms with Crippen molar-refractivity contribution in [3.63, 3.8) is 0 Å². The number of allylic oxidation sites excluding steroid dienone is 1. The fraction of sp³-hybridized carbons (Fsp3) is 0.762. The molecule has 0 aliphatic carbocycles. The van der Waals surface area contributed by atoms with Crippen molar-refractivity contribution in [1.29, 1.82) is 0 Å². The van der Waals surface area contributed by atoms with Crippen LogP contribution in [-0.2, 0) is 14.4 Å². The lowest BCUT2D eigenvalue weighted by Crippen LogP contribution is -2.54. The Morgan fingerprint density at radius 3 is 2.17 bits per heavy atom. The van der Waals surface area contributed by atoms with Crippen molar-refractivity contribution in [2.24, 2.45) is 0 Å². The molecule has 0 spiro atoms. The number of carboxylic acids is 2. The first-order chi connectivity index (χ1) is 13.8. The number of aliphatic hydroxyl groups is 1. The highest BCUT2D eigenvalue weighted by molar-refractivity contribution is 5.77. The Labute approximate surface area is 174 Å². The van der Waals surface area contributed by atoms with Gasteiger partial charge >= 0.3 is 5.97 Å². The van der Waals surface area contributed by atoms with Gasteiger partial charge in [0, 0.05) is 18.8 Å². The zero-order valence-corrected chi connectivity index (χ0v) is 17.7. The van der Waals surface area contributed by atoms with Gasteiger partial charge in [0.15, 0.2) is 0 Å². The smallest absolute Gasteiger partial charge is 0.303 e. The van der Waals surface area contributed by atoms with Gasteiger partial charge in [0.1, 0.15) is 6.54 Å². The molecule has 0 aliphatic heterocycles. The van der Waals surface area contributed by atoms with Crippen molar-refractivity contribution in [3.05, 3.63) is 12.2 Å². The summed E-state index contributed by atoms with van der Waals surface area (Å²) in [4.78, 5) is 33.3. The minimum atomic E-state index is -1.07. The van der Waals surface area contributed by atoms with Crippen molar-refractivity contribution in [2.75, 3.05) is 39.3 Å². The molecule has 3 N–H and O–H groups in total. The molecule has 0 aromatic carbocycles. The molecule has 0 aromatic rings. The van der Waals surface area contributed by atoms with Gasteiger partial charge in [-0.1, -0.05) is 25.5 Å². The zero-order chi connectivity index (χ0) is 22.0. The molecule has 1 atom stereocenters. The number of hydrogen-bond acceptors (Lipinski definition) is 5. The molecule has 29 heavy (non-hydrogen) atoms. The third kappa shape index (κ3) is 15.6. The molecular formula is C21H38N2O6. The molecule has 8 heteroatoms. The number of aliphatic hydroxyl groups excluding tert-OH is 1. The van der Waals surface area contributed by atoms with Crippen molar-refractivity contribution in [2.45, 2.75) is 64.7 Å². The van der Waals surface area contributed by atoms with E-state index >= 15 is 0 Å². The Kier molecular flexibility index (Phi) is 15.8. The van der Waals surface area contributed by atoms with Gasteiger partial charge in [-0.05, 0) is 38.5 Å². The highest BCUT2D eigenvalue weighted by atomic mass is 16.4. The number of rotatable bonds is 19. The number of hydrogen-bond donors (Lipinski definition) is 3. The molecule has 0 aliphatic rings. The van der Waals surface area contributed by atoms with E-state index in [1.165, 1.54) is 0 Å². The van der Waals surface area contributed by atoms with E-state index in [9.17, 15) is 24.6 Å². The molecule has 0 saturated carbocycles. The van der Waals surface area contributed by atoms with Crippen LogP contribution in [0.15, 0.2) is 12.2 Å². The van der Waals surface area contributed by atoms with Gasteiger partial charge in [0.05, 0.1) is 32.8 Å². The van der Waals surface area contributed by atoms with Crippen LogP contribution in [-0.4, -0.2) is 71.9 Å². The van der Waals surface area contributed by atoms with E-state index in [2.05, 4.69) is 12.2 Å². The second-order valence-electron chi connectivity index (χ2n) is 7.45.